The lowest BCUT2D eigenvalue weighted by molar-refractivity contribution is 0.380. The molecule has 0 aliphatic heterocycles. The van der Waals surface area contributed by atoms with Crippen molar-refractivity contribution in [3.05, 3.63) is 58.5 Å². The van der Waals surface area contributed by atoms with E-state index in [-0.39, 0.29) is 29.1 Å². The maximum Gasteiger partial charge on any atom is 0.316 e. The van der Waals surface area contributed by atoms with Crippen LogP contribution in [0.25, 0.3) is 22.0 Å². The molecule has 4 aromatic rings. The standard InChI is InChI=1S/C23H21N9O2/c1-12(29-19-13(8-24)9-26-22(25)31-19)20-30-17-5-3-4-16(14-10-27-23(34-2)28-11-14)18(17)21(33)32(20)15-6-7-15/h3-5,9-12,15H,6-7H2,1-2H3,(H3,25,26,29,31). The Labute approximate surface area is 194 Å². The number of benzene rings is 1. The molecule has 11 nitrogen and oxygen atoms in total. The van der Waals surface area contributed by atoms with E-state index in [0.717, 1.165) is 12.8 Å². The smallest absolute Gasteiger partial charge is 0.316 e. The summed E-state index contributed by atoms with van der Waals surface area (Å²) < 4.78 is 6.79. The molecule has 0 bridgehead atoms. The second kappa shape index (κ2) is 8.40. The fraction of sp³-hybridized carbons (Fsp3) is 0.261. The zero-order valence-corrected chi connectivity index (χ0v) is 18.6. The Morgan fingerprint density at radius 3 is 2.65 bits per heavy atom. The number of nitrogens with one attached hydrogen (secondary N) is 1. The minimum atomic E-state index is -0.424. The molecule has 34 heavy (non-hydrogen) atoms. The normalized spacial score (nSPS) is 13.9. The van der Waals surface area contributed by atoms with E-state index < -0.39 is 6.04 Å². The Hall–Kier alpha value is -4.59. The number of nitriles is 1. The van der Waals surface area contributed by atoms with Crippen molar-refractivity contribution in [2.24, 2.45) is 0 Å². The number of methoxy groups -OCH3 is 1. The third kappa shape index (κ3) is 3.75. The molecular weight excluding hydrogens is 434 g/mol. The number of rotatable bonds is 6. The van der Waals surface area contributed by atoms with Crippen molar-refractivity contribution in [3.63, 3.8) is 0 Å². The van der Waals surface area contributed by atoms with Crippen LogP contribution in [0.4, 0.5) is 11.8 Å². The van der Waals surface area contributed by atoms with E-state index in [1.165, 1.54) is 13.3 Å². The van der Waals surface area contributed by atoms with E-state index in [1.54, 1.807) is 23.0 Å². The molecule has 0 amide bonds. The second-order valence-corrected chi connectivity index (χ2v) is 8.00. The molecule has 1 fully saturated rings. The predicted octanol–water partition coefficient (Wildman–Crippen LogP) is 2.61. The van der Waals surface area contributed by atoms with E-state index in [9.17, 15) is 10.1 Å². The third-order valence-electron chi connectivity index (χ3n) is 5.66. The summed E-state index contributed by atoms with van der Waals surface area (Å²) in [6.07, 6.45) is 6.41. The minimum absolute atomic E-state index is 0.0473. The lowest BCUT2D eigenvalue weighted by atomic mass is 10.0. The average Bonchev–Trinajstić information content (AvgIpc) is 3.69. The lowest BCUT2D eigenvalue weighted by Crippen LogP contribution is -2.28. The van der Waals surface area contributed by atoms with Crippen molar-refractivity contribution in [2.75, 3.05) is 18.2 Å². The predicted molar refractivity (Wildman–Crippen MR) is 125 cm³/mol. The zero-order chi connectivity index (χ0) is 23.8. The van der Waals surface area contributed by atoms with Crippen molar-refractivity contribution >= 4 is 22.7 Å². The van der Waals surface area contributed by atoms with Gasteiger partial charge in [0.1, 0.15) is 23.3 Å². The topological polar surface area (TPSA) is 158 Å². The summed E-state index contributed by atoms with van der Waals surface area (Å²) in [5.74, 6) is 0.902. The van der Waals surface area contributed by atoms with Gasteiger partial charge in [-0.2, -0.15) is 10.2 Å². The summed E-state index contributed by atoms with van der Waals surface area (Å²) in [4.78, 5) is 35.0. The number of hydrogen-bond donors (Lipinski definition) is 2. The first kappa shape index (κ1) is 21.3. The van der Waals surface area contributed by atoms with Gasteiger partial charge < -0.3 is 15.8 Å². The van der Waals surface area contributed by atoms with Crippen molar-refractivity contribution in [1.29, 1.82) is 5.26 Å². The lowest BCUT2D eigenvalue weighted by Gasteiger charge is -2.21. The highest BCUT2D eigenvalue weighted by atomic mass is 16.5. The molecule has 1 atom stereocenters. The van der Waals surface area contributed by atoms with E-state index >= 15 is 0 Å². The highest BCUT2D eigenvalue weighted by Gasteiger charge is 2.31. The quantitative estimate of drug-likeness (QED) is 0.443. The molecule has 1 aliphatic rings. The highest BCUT2D eigenvalue weighted by Crippen LogP contribution is 2.37. The van der Waals surface area contributed by atoms with E-state index in [2.05, 4.69) is 31.3 Å². The maximum absolute atomic E-state index is 13.8. The number of hydrogen-bond acceptors (Lipinski definition) is 10. The van der Waals surface area contributed by atoms with Crippen molar-refractivity contribution < 1.29 is 4.74 Å². The van der Waals surface area contributed by atoms with Crippen LogP contribution < -0.4 is 21.3 Å². The van der Waals surface area contributed by atoms with Gasteiger partial charge in [0.25, 0.3) is 5.56 Å². The minimum Gasteiger partial charge on any atom is -0.467 e. The van der Waals surface area contributed by atoms with Gasteiger partial charge in [0.05, 0.1) is 30.3 Å². The van der Waals surface area contributed by atoms with Gasteiger partial charge in [-0.05, 0) is 31.4 Å². The summed E-state index contributed by atoms with van der Waals surface area (Å²) in [6.45, 7) is 1.87. The summed E-state index contributed by atoms with van der Waals surface area (Å²) in [6, 6.07) is 7.45. The van der Waals surface area contributed by atoms with E-state index in [1.807, 2.05) is 19.1 Å². The highest BCUT2D eigenvalue weighted by molar-refractivity contribution is 5.93. The first-order chi connectivity index (χ1) is 16.5. The molecule has 0 saturated heterocycles. The fourth-order valence-electron chi connectivity index (χ4n) is 3.91. The molecular formula is C23H21N9O2. The number of anilines is 2. The zero-order valence-electron chi connectivity index (χ0n) is 18.6. The fourth-order valence-corrected chi connectivity index (χ4v) is 3.91. The summed E-state index contributed by atoms with van der Waals surface area (Å²) in [5, 5.41) is 13.1. The van der Waals surface area contributed by atoms with Crippen molar-refractivity contribution in [2.45, 2.75) is 31.8 Å². The Morgan fingerprint density at radius 2 is 1.97 bits per heavy atom. The number of aromatic nitrogens is 6. The first-order valence-corrected chi connectivity index (χ1v) is 10.7. The van der Waals surface area contributed by atoms with Crippen molar-refractivity contribution in [1.82, 2.24) is 29.5 Å². The molecule has 3 aromatic heterocycles. The van der Waals surface area contributed by atoms with Gasteiger partial charge in [-0.15, -0.1) is 0 Å². The van der Waals surface area contributed by atoms with Gasteiger partial charge in [0.15, 0.2) is 0 Å². The van der Waals surface area contributed by atoms with Gasteiger partial charge in [0, 0.05) is 24.0 Å². The summed E-state index contributed by atoms with van der Waals surface area (Å²) >= 11 is 0. The van der Waals surface area contributed by atoms with Crippen LogP contribution in [-0.4, -0.2) is 36.6 Å². The van der Waals surface area contributed by atoms with Gasteiger partial charge in [0.2, 0.25) is 5.95 Å². The van der Waals surface area contributed by atoms with Crippen LogP contribution in [0.1, 0.15) is 43.2 Å². The molecule has 1 saturated carbocycles. The van der Waals surface area contributed by atoms with Gasteiger partial charge in [-0.1, -0.05) is 12.1 Å². The third-order valence-corrected chi connectivity index (χ3v) is 5.66. The Morgan fingerprint density at radius 1 is 1.21 bits per heavy atom. The monoisotopic (exact) mass is 455 g/mol. The molecule has 1 unspecified atom stereocenters. The number of nitrogens with zero attached hydrogens (tertiary/aromatic N) is 7. The Balaban J connectivity index is 1.64. The average molecular weight is 455 g/mol. The van der Waals surface area contributed by atoms with Gasteiger partial charge in [-0.3, -0.25) is 9.36 Å². The van der Waals surface area contributed by atoms with E-state index in [0.29, 0.717) is 33.7 Å². The second-order valence-electron chi connectivity index (χ2n) is 8.00. The number of fused-ring (bicyclic) bond motifs is 1. The molecule has 5 rings (SSSR count). The van der Waals surface area contributed by atoms with Gasteiger partial charge >= 0.3 is 6.01 Å². The number of ether oxygens (including phenoxy) is 1. The molecule has 1 aliphatic carbocycles. The van der Waals surface area contributed by atoms with Crippen LogP contribution in [-0.2, 0) is 0 Å². The van der Waals surface area contributed by atoms with Crippen LogP contribution in [0, 0.1) is 11.3 Å². The van der Waals surface area contributed by atoms with Crippen LogP contribution in [0.5, 0.6) is 6.01 Å². The number of nitrogens with two attached hydrogens (primary N) is 1. The van der Waals surface area contributed by atoms with Crippen LogP contribution >= 0.6 is 0 Å². The Bertz CT molecular complexity index is 1490. The van der Waals surface area contributed by atoms with E-state index in [4.69, 9.17) is 15.5 Å². The SMILES string of the molecule is COc1ncc(-c2cccc3nc(C(C)Nc4nc(N)ncc4C#N)n(C4CC4)c(=O)c23)cn1. The molecule has 170 valence electrons. The van der Waals surface area contributed by atoms with Crippen molar-refractivity contribution in [3.8, 4) is 23.2 Å². The Kier molecular flexibility index (Phi) is 5.25. The van der Waals surface area contributed by atoms with Crippen LogP contribution in [0.15, 0.2) is 41.6 Å². The summed E-state index contributed by atoms with van der Waals surface area (Å²) in [5.41, 5.74) is 7.79. The number of nitrogen functional groups attached to an aromatic ring is 1. The van der Waals surface area contributed by atoms with Gasteiger partial charge in [-0.25, -0.2) is 19.9 Å². The molecule has 11 heteroatoms. The molecule has 0 spiro atoms. The van der Waals surface area contributed by atoms with Crippen LogP contribution in [0.2, 0.25) is 0 Å². The van der Waals surface area contributed by atoms with Crippen LogP contribution in [0.3, 0.4) is 0 Å². The molecule has 3 N–H and O–H groups in total. The summed E-state index contributed by atoms with van der Waals surface area (Å²) in [7, 11) is 1.50. The maximum atomic E-state index is 13.8. The first-order valence-electron chi connectivity index (χ1n) is 10.7. The largest absolute Gasteiger partial charge is 0.467 e. The molecule has 1 aromatic carbocycles. The molecule has 3 heterocycles. The molecule has 0 radical (unpaired) electrons.